The molecule has 4 heteroatoms. The molecule has 1 saturated carbocycles. The molecule has 0 spiro atoms. The lowest BCUT2D eigenvalue weighted by molar-refractivity contribution is -0.133. The molecular formula is C13H16F3N. The average Bonchev–Trinajstić information content (AvgIpc) is 3.08. The Kier molecular flexibility index (Phi) is 3.72. The van der Waals surface area contributed by atoms with Gasteiger partial charge < -0.3 is 5.32 Å². The van der Waals surface area contributed by atoms with Crippen molar-refractivity contribution >= 4 is 0 Å². The van der Waals surface area contributed by atoms with E-state index in [0.717, 1.165) is 18.4 Å². The molecule has 0 radical (unpaired) electrons. The summed E-state index contributed by atoms with van der Waals surface area (Å²) in [6.45, 7) is -0.000436. The van der Waals surface area contributed by atoms with Crippen molar-refractivity contribution in [2.45, 2.75) is 31.5 Å². The predicted molar refractivity (Wildman–Crippen MR) is 60.6 cm³/mol. The van der Waals surface area contributed by atoms with E-state index in [1.165, 1.54) is 0 Å². The van der Waals surface area contributed by atoms with E-state index in [1.807, 2.05) is 30.3 Å². The molecule has 2 rings (SSSR count). The van der Waals surface area contributed by atoms with E-state index in [2.05, 4.69) is 5.32 Å². The van der Waals surface area contributed by atoms with Crippen molar-refractivity contribution in [3.63, 3.8) is 0 Å². The molecule has 1 aromatic rings. The van der Waals surface area contributed by atoms with E-state index in [0.29, 0.717) is 5.92 Å². The first-order valence-corrected chi connectivity index (χ1v) is 5.91. The second-order valence-electron chi connectivity index (χ2n) is 4.55. The zero-order valence-corrected chi connectivity index (χ0v) is 9.50. The minimum atomic E-state index is -4.07. The van der Waals surface area contributed by atoms with Gasteiger partial charge in [0, 0.05) is 12.6 Å². The number of halogens is 3. The molecule has 0 bridgehead atoms. The molecular weight excluding hydrogens is 227 g/mol. The second kappa shape index (κ2) is 5.08. The third-order valence-electron chi connectivity index (χ3n) is 3.02. The number of nitrogens with one attached hydrogen (secondary N) is 1. The van der Waals surface area contributed by atoms with Crippen molar-refractivity contribution in [1.29, 1.82) is 0 Å². The van der Waals surface area contributed by atoms with Gasteiger partial charge in [-0.15, -0.1) is 0 Å². The Hall–Kier alpha value is -1.03. The number of hydrogen-bond donors (Lipinski definition) is 1. The van der Waals surface area contributed by atoms with Crippen LogP contribution in [0.3, 0.4) is 0 Å². The van der Waals surface area contributed by atoms with E-state index in [-0.39, 0.29) is 12.6 Å². The molecule has 0 aliphatic heterocycles. The summed E-state index contributed by atoms with van der Waals surface area (Å²) in [6, 6.07) is 9.81. The first-order valence-electron chi connectivity index (χ1n) is 5.91. The Morgan fingerprint density at radius 2 is 1.82 bits per heavy atom. The zero-order chi connectivity index (χ0) is 12.3. The molecule has 94 valence electrons. The third kappa shape index (κ3) is 4.04. The maximum atomic E-state index is 12.1. The van der Waals surface area contributed by atoms with Gasteiger partial charge in [0.05, 0.1) is 6.42 Å². The summed E-state index contributed by atoms with van der Waals surface area (Å²) in [5.41, 5.74) is 1.09. The van der Waals surface area contributed by atoms with E-state index < -0.39 is 12.6 Å². The van der Waals surface area contributed by atoms with Crippen LogP contribution in [0, 0.1) is 5.92 Å². The summed E-state index contributed by atoms with van der Waals surface area (Å²) in [7, 11) is 0. The van der Waals surface area contributed by atoms with E-state index in [1.54, 1.807) is 0 Å². The summed E-state index contributed by atoms with van der Waals surface area (Å²) in [5, 5.41) is 3.03. The van der Waals surface area contributed by atoms with Gasteiger partial charge in [0.2, 0.25) is 0 Å². The SMILES string of the molecule is FC(F)(F)CCNC(c1ccccc1)C1CC1. The molecule has 1 unspecified atom stereocenters. The highest BCUT2D eigenvalue weighted by Gasteiger charge is 2.33. The zero-order valence-electron chi connectivity index (χ0n) is 9.50. The van der Waals surface area contributed by atoms with Gasteiger partial charge in [0.25, 0.3) is 0 Å². The Labute approximate surface area is 99.0 Å². The Morgan fingerprint density at radius 1 is 1.18 bits per heavy atom. The first kappa shape index (κ1) is 12.4. The highest BCUT2D eigenvalue weighted by molar-refractivity contribution is 5.21. The minimum absolute atomic E-state index is 0.000436. The minimum Gasteiger partial charge on any atom is -0.309 e. The molecule has 0 amide bonds. The topological polar surface area (TPSA) is 12.0 Å². The van der Waals surface area contributed by atoms with Crippen LogP contribution < -0.4 is 5.32 Å². The molecule has 1 aromatic carbocycles. The van der Waals surface area contributed by atoms with E-state index >= 15 is 0 Å². The fraction of sp³-hybridized carbons (Fsp3) is 0.538. The highest BCUT2D eigenvalue weighted by Crippen LogP contribution is 2.41. The van der Waals surface area contributed by atoms with Gasteiger partial charge in [-0.05, 0) is 24.3 Å². The second-order valence-corrected chi connectivity index (χ2v) is 4.55. The van der Waals surface area contributed by atoms with Gasteiger partial charge in [0.15, 0.2) is 0 Å². The summed E-state index contributed by atoms with van der Waals surface area (Å²) < 4.78 is 36.3. The predicted octanol–water partition coefficient (Wildman–Crippen LogP) is 3.68. The van der Waals surface area contributed by atoms with Crippen LogP contribution >= 0.6 is 0 Å². The van der Waals surface area contributed by atoms with Crippen LogP contribution in [-0.4, -0.2) is 12.7 Å². The molecule has 0 saturated heterocycles. The maximum Gasteiger partial charge on any atom is 0.390 e. The monoisotopic (exact) mass is 243 g/mol. The summed E-state index contributed by atoms with van der Waals surface area (Å²) in [6.07, 6.45) is -2.61. The van der Waals surface area contributed by atoms with E-state index in [9.17, 15) is 13.2 Å². The Morgan fingerprint density at radius 3 is 2.35 bits per heavy atom. The fourth-order valence-corrected chi connectivity index (χ4v) is 2.02. The lowest BCUT2D eigenvalue weighted by Gasteiger charge is -2.19. The van der Waals surface area contributed by atoms with Crippen LogP contribution in [0.15, 0.2) is 30.3 Å². The number of benzene rings is 1. The molecule has 17 heavy (non-hydrogen) atoms. The van der Waals surface area contributed by atoms with Gasteiger partial charge in [-0.1, -0.05) is 30.3 Å². The van der Waals surface area contributed by atoms with Crippen molar-refractivity contribution in [3.05, 3.63) is 35.9 Å². The number of alkyl halides is 3. The summed E-state index contributed by atoms with van der Waals surface area (Å²) >= 11 is 0. The van der Waals surface area contributed by atoms with Crippen molar-refractivity contribution < 1.29 is 13.2 Å². The van der Waals surface area contributed by atoms with Crippen molar-refractivity contribution in [1.82, 2.24) is 5.32 Å². The van der Waals surface area contributed by atoms with Crippen LogP contribution in [0.25, 0.3) is 0 Å². The molecule has 0 aromatic heterocycles. The highest BCUT2D eigenvalue weighted by atomic mass is 19.4. The van der Waals surface area contributed by atoms with Crippen LogP contribution in [-0.2, 0) is 0 Å². The van der Waals surface area contributed by atoms with E-state index in [4.69, 9.17) is 0 Å². The number of rotatable bonds is 5. The van der Waals surface area contributed by atoms with Crippen LogP contribution in [0.5, 0.6) is 0 Å². The molecule has 1 atom stereocenters. The molecule has 1 aliphatic rings. The van der Waals surface area contributed by atoms with Gasteiger partial charge in [-0.3, -0.25) is 0 Å². The van der Waals surface area contributed by atoms with Gasteiger partial charge in [0.1, 0.15) is 0 Å². The molecule has 0 heterocycles. The normalized spacial score (nSPS) is 18.1. The molecule has 1 fully saturated rings. The van der Waals surface area contributed by atoms with Crippen molar-refractivity contribution in [2.75, 3.05) is 6.54 Å². The summed E-state index contributed by atoms with van der Waals surface area (Å²) in [5.74, 6) is 0.505. The van der Waals surface area contributed by atoms with Crippen LogP contribution in [0.4, 0.5) is 13.2 Å². The number of hydrogen-bond acceptors (Lipinski definition) is 1. The average molecular weight is 243 g/mol. The van der Waals surface area contributed by atoms with Gasteiger partial charge in [-0.2, -0.15) is 13.2 Å². The Bertz CT molecular complexity index is 343. The smallest absolute Gasteiger partial charge is 0.309 e. The lowest BCUT2D eigenvalue weighted by Crippen LogP contribution is -2.27. The quantitative estimate of drug-likeness (QED) is 0.831. The van der Waals surface area contributed by atoms with Gasteiger partial charge in [-0.25, -0.2) is 0 Å². The summed E-state index contributed by atoms with van der Waals surface area (Å²) in [4.78, 5) is 0. The standard InChI is InChI=1S/C13H16F3N/c14-13(15,16)8-9-17-12(11-6-7-11)10-4-2-1-3-5-10/h1-5,11-12,17H,6-9H2. The maximum absolute atomic E-state index is 12.1. The first-order chi connectivity index (χ1) is 8.06. The van der Waals surface area contributed by atoms with Crippen molar-refractivity contribution in [2.24, 2.45) is 5.92 Å². The Balaban J connectivity index is 1.90. The largest absolute Gasteiger partial charge is 0.390 e. The molecule has 1 N–H and O–H groups in total. The third-order valence-corrected chi connectivity index (χ3v) is 3.02. The van der Waals surface area contributed by atoms with Crippen LogP contribution in [0.2, 0.25) is 0 Å². The lowest BCUT2D eigenvalue weighted by atomic mass is 10.0. The van der Waals surface area contributed by atoms with Crippen LogP contribution in [0.1, 0.15) is 30.9 Å². The molecule has 1 aliphatic carbocycles. The van der Waals surface area contributed by atoms with Crippen molar-refractivity contribution in [3.8, 4) is 0 Å². The fourth-order valence-electron chi connectivity index (χ4n) is 2.02. The van der Waals surface area contributed by atoms with Gasteiger partial charge >= 0.3 is 6.18 Å². The molecule has 1 nitrogen and oxygen atoms in total.